The van der Waals surface area contributed by atoms with Crippen LogP contribution >= 0.6 is 11.8 Å². The van der Waals surface area contributed by atoms with Gasteiger partial charge in [-0.25, -0.2) is 8.42 Å². The third-order valence-electron chi connectivity index (χ3n) is 5.17. The van der Waals surface area contributed by atoms with Crippen molar-refractivity contribution in [2.24, 2.45) is 0 Å². The average Bonchev–Trinajstić information content (AvgIpc) is 3.19. The molecule has 0 atom stereocenters. The Morgan fingerprint density at radius 3 is 2.30 bits per heavy atom. The molecule has 4 rings (SSSR count). The van der Waals surface area contributed by atoms with Gasteiger partial charge in [-0.1, -0.05) is 36.4 Å². The largest absolute Gasteiger partial charge is 0.284 e. The molecule has 0 saturated carbocycles. The second kappa shape index (κ2) is 8.80. The molecule has 0 N–H and O–H groups in total. The zero-order valence-electron chi connectivity index (χ0n) is 18.1. The molecule has 168 valence electrons. The molecule has 0 radical (unpaired) electrons. The molecule has 8 nitrogen and oxygen atoms in total. The number of nitro benzene ring substituents is 1. The summed E-state index contributed by atoms with van der Waals surface area (Å²) in [5.41, 5.74) is 3.57. The second-order valence-corrected chi connectivity index (χ2v) is 10.6. The van der Waals surface area contributed by atoms with E-state index in [1.807, 2.05) is 66.9 Å². The first kappa shape index (κ1) is 22.7. The molecular weight excluding hydrogens is 460 g/mol. The maximum Gasteiger partial charge on any atom is 0.284 e. The quantitative estimate of drug-likeness (QED) is 0.282. The van der Waals surface area contributed by atoms with Crippen LogP contribution < -0.4 is 0 Å². The van der Waals surface area contributed by atoms with Crippen molar-refractivity contribution < 1.29 is 13.3 Å². The van der Waals surface area contributed by atoms with Gasteiger partial charge in [0.2, 0.25) is 5.16 Å². The third-order valence-corrected chi connectivity index (χ3v) is 7.29. The van der Waals surface area contributed by atoms with Crippen LogP contribution in [0.1, 0.15) is 11.1 Å². The summed E-state index contributed by atoms with van der Waals surface area (Å²) >= 11 is 1.06. The Morgan fingerprint density at radius 1 is 0.939 bits per heavy atom. The molecule has 0 saturated heterocycles. The van der Waals surface area contributed by atoms with Crippen molar-refractivity contribution in [3.8, 4) is 17.1 Å². The summed E-state index contributed by atoms with van der Waals surface area (Å²) in [6.45, 7) is 4.03. The minimum absolute atomic E-state index is 0.112. The molecule has 33 heavy (non-hydrogen) atoms. The molecule has 1 aromatic heterocycles. The zero-order valence-corrected chi connectivity index (χ0v) is 19.7. The van der Waals surface area contributed by atoms with Crippen molar-refractivity contribution in [1.82, 2.24) is 14.8 Å². The van der Waals surface area contributed by atoms with E-state index in [2.05, 4.69) is 10.2 Å². The van der Waals surface area contributed by atoms with Crippen molar-refractivity contribution in [1.29, 1.82) is 0 Å². The molecule has 0 aliphatic rings. The average molecular weight is 481 g/mol. The highest BCUT2D eigenvalue weighted by molar-refractivity contribution is 7.99. The van der Waals surface area contributed by atoms with E-state index in [1.54, 1.807) is 0 Å². The number of sulfone groups is 1. The van der Waals surface area contributed by atoms with E-state index in [0.717, 1.165) is 46.5 Å². The first-order chi connectivity index (χ1) is 15.6. The van der Waals surface area contributed by atoms with Gasteiger partial charge in [0, 0.05) is 17.9 Å². The van der Waals surface area contributed by atoms with Gasteiger partial charge in [0.1, 0.15) is 0 Å². The molecule has 3 aromatic carbocycles. The first-order valence-electron chi connectivity index (χ1n) is 9.90. The van der Waals surface area contributed by atoms with Crippen molar-refractivity contribution in [2.45, 2.75) is 28.8 Å². The van der Waals surface area contributed by atoms with E-state index >= 15 is 0 Å². The number of nitrogens with zero attached hydrogens (tertiary/aromatic N) is 4. The van der Waals surface area contributed by atoms with Crippen molar-refractivity contribution in [3.05, 3.63) is 88.0 Å². The minimum atomic E-state index is -3.59. The van der Waals surface area contributed by atoms with Gasteiger partial charge in [0.05, 0.1) is 20.4 Å². The molecule has 1 heterocycles. The predicted molar refractivity (Wildman–Crippen MR) is 127 cm³/mol. The summed E-state index contributed by atoms with van der Waals surface area (Å²) in [5.74, 6) is 0.594. The predicted octanol–water partition coefficient (Wildman–Crippen LogP) is 5.01. The van der Waals surface area contributed by atoms with Crippen LogP contribution in [0.3, 0.4) is 0 Å². The van der Waals surface area contributed by atoms with E-state index in [9.17, 15) is 18.5 Å². The molecule has 0 aliphatic heterocycles. The fourth-order valence-electron chi connectivity index (χ4n) is 3.26. The summed E-state index contributed by atoms with van der Waals surface area (Å²) in [4.78, 5) is 11.3. The van der Waals surface area contributed by atoms with E-state index in [1.165, 1.54) is 12.1 Å². The SMILES string of the molecule is Cc1ccc(-n2c(Sc3ccc(S(C)(=O)=O)cc3[N+](=O)[O-])nnc2-c2ccccc2)cc1C. The number of rotatable bonds is 6. The van der Waals surface area contributed by atoms with E-state index in [0.29, 0.717) is 11.0 Å². The maximum atomic E-state index is 11.9. The molecule has 0 aliphatic carbocycles. The Hall–Kier alpha value is -3.50. The Bertz CT molecular complexity index is 1470. The smallest absolute Gasteiger partial charge is 0.270 e. The summed E-state index contributed by atoms with van der Waals surface area (Å²) in [6, 6.07) is 19.4. The zero-order chi connectivity index (χ0) is 23.8. The first-order valence-corrected chi connectivity index (χ1v) is 12.6. The maximum absolute atomic E-state index is 11.9. The normalized spacial score (nSPS) is 11.5. The summed E-state index contributed by atoms with van der Waals surface area (Å²) in [7, 11) is -3.59. The lowest BCUT2D eigenvalue weighted by atomic mass is 10.1. The Labute approximate surface area is 195 Å². The van der Waals surface area contributed by atoms with E-state index < -0.39 is 14.8 Å². The van der Waals surface area contributed by atoms with Crippen LogP contribution in [-0.2, 0) is 9.84 Å². The van der Waals surface area contributed by atoms with Crippen molar-refractivity contribution in [2.75, 3.05) is 6.26 Å². The number of hydrogen-bond donors (Lipinski definition) is 0. The fourth-order valence-corrected chi connectivity index (χ4v) is 4.84. The third kappa shape index (κ3) is 4.67. The van der Waals surface area contributed by atoms with Crippen LogP contribution in [0.25, 0.3) is 17.1 Å². The summed E-state index contributed by atoms with van der Waals surface area (Å²) in [6.07, 6.45) is 1.02. The molecular formula is C23H20N4O4S2. The Kier molecular flexibility index (Phi) is 6.05. The van der Waals surface area contributed by atoms with Crippen LogP contribution in [0.4, 0.5) is 5.69 Å². The van der Waals surface area contributed by atoms with Gasteiger partial charge >= 0.3 is 0 Å². The monoisotopic (exact) mass is 480 g/mol. The van der Waals surface area contributed by atoms with Crippen molar-refractivity contribution >= 4 is 27.3 Å². The number of aromatic nitrogens is 3. The van der Waals surface area contributed by atoms with Gasteiger partial charge < -0.3 is 0 Å². The van der Waals surface area contributed by atoms with Gasteiger partial charge in [0.15, 0.2) is 15.7 Å². The molecule has 0 fully saturated rings. The number of nitro groups is 1. The highest BCUT2D eigenvalue weighted by atomic mass is 32.2. The van der Waals surface area contributed by atoms with Crippen LogP contribution in [0.2, 0.25) is 0 Å². The second-order valence-electron chi connectivity index (χ2n) is 7.54. The standard InChI is InChI=1S/C23H20N4O4S2/c1-15-9-10-18(13-16(15)2)26-22(17-7-5-4-6-8-17)24-25-23(26)32-21-12-11-19(33(3,30)31)14-20(21)27(28)29/h4-14H,1-3H3. The van der Waals surface area contributed by atoms with E-state index in [4.69, 9.17) is 0 Å². The minimum Gasteiger partial charge on any atom is -0.270 e. The highest BCUT2D eigenvalue weighted by Crippen LogP contribution is 2.38. The summed E-state index contributed by atoms with van der Waals surface area (Å²) in [5, 5.41) is 20.8. The van der Waals surface area contributed by atoms with Gasteiger partial charge in [-0.3, -0.25) is 14.7 Å². The van der Waals surface area contributed by atoms with Crippen LogP contribution in [0.15, 0.2) is 81.7 Å². The molecule has 10 heteroatoms. The number of benzene rings is 3. The van der Waals surface area contributed by atoms with Gasteiger partial charge in [-0.05, 0) is 61.0 Å². The molecule has 0 amide bonds. The lowest BCUT2D eigenvalue weighted by Crippen LogP contribution is -2.02. The Balaban J connectivity index is 1.88. The lowest BCUT2D eigenvalue weighted by Gasteiger charge is -2.12. The van der Waals surface area contributed by atoms with Crippen molar-refractivity contribution in [3.63, 3.8) is 0 Å². The lowest BCUT2D eigenvalue weighted by molar-refractivity contribution is -0.388. The highest BCUT2D eigenvalue weighted by Gasteiger charge is 2.23. The van der Waals surface area contributed by atoms with Gasteiger partial charge in [-0.15, -0.1) is 10.2 Å². The van der Waals surface area contributed by atoms with Gasteiger partial charge in [-0.2, -0.15) is 0 Å². The van der Waals surface area contributed by atoms with E-state index in [-0.39, 0.29) is 15.5 Å². The molecule has 4 aromatic rings. The summed E-state index contributed by atoms with van der Waals surface area (Å²) < 4.78 is 25.6. The van der Waals surface area contributed by atoms with Gasteiger partial charge in [0.25, 0.3) is 5.69 Å². The molecule has 0 bridgehead atoms. The Morgan fingerprint density at radius 2 is 1.67 bits per heavy atom. The number of hydrogen-bond acceptors (Lipinski definition) is 7. The number of aryl methyl sites for hydroxylation is 2. The topological polar surface area (TPSA) is 108 Å². The van der Waals surface area contributed by atoms with Crippen LogP contribution in [-0.4, -0.2) is 34.4 Å². The van der Waals surface area contributed by atoms with Crippen LogP contribution in [0, 0.1) is 24.0 Å². The fraction of sp³-hybridized carbons (Fsp3) is 0.130. The molecule has 0 spiro atoms. The van der Waals surface area contributed by atoms with Crippen LogP contribution in [0.5, 0.6) is 0 Å². The molecule has 0 unspecified atom stereocenters.